The second-order valence-electron chi connectivity index (χ2n) is 6.80. The largest absolute Gasteiger partial charge is 0.365 e. The predicted octanol–water partition coefficient (Wildman–Crippen LogP) is 2.80. The van der Waals surface area contributed by atoms with Crippen molar-refractivity contribution in [3.63, 3.8) is 0 Å². The van der Waals surface area contributed by atoms with Gasteiger partial charge in [0.2, 0.25) is 5.91 Å². The van der Waals surface area contributed by atoms with E-state index in [1.807, 2.05) is 38.1 Å². The molecule has 2 amide bonds. The molecule has 0 saturated carbocycles. The zero-order valence-electron chi connectivity index (χ0n) is 16.1. The molecule has 0 unspecified atom stereocenters. The molecule has 0 saturated heterocycles. The number of fused-ring (bicyclic) bond motifs is 1. The van der Waals surface area contributed by atoms with Crippen molar-refractivity contribution in [3.05, 3.63) is 63.0 Å². The number of aryl methyl sites for hydroxylation is 2. The van der Waals surface area contributed by atoms with Crippen LogP contribution in [0.5, 0.6) is 0 Å². The monoisotopic (exact) mass is 443 g/mol. The maximum atomic E-state index is 12.6. The van der Waals surface area contributed by atoms with E-state index in [4.69, 9.17) is 5.73 Å². The highest BCUT2D eigenvalue weighted by molar-refractivity contribution is 9.10. The first-order chi connectivity index (χ1) is 13.3. The van der Waals surface area contributed by atoms with Gasteiger partial charge in [-0.1, -0.05) is 28.1 Å². The van der Waals surface area contributed by atoms with E-state index in [0.717, 1.165) is 27.0 Å². The molecule has 0 aliphatic heterocycles. The smallest absolute Gasteiger partial charge is 0.254 e. The Morgan fingerprint density at radius 2 is 1.89 bits per heavy atom. The van der Waals surface area contributed by atoms with Gasteiger partial charge in [0.1, 0.15) is 5.56 Å². The van der Waals surface area contributed by atoms with E-state index in [-0.39, 0.29) is 5.91 Å². The van der Waals surface area contributed by atoms with E-state index < -0.39 is 5.91 Å². The molecule has 0 radical (unpaired) electrons. The third-order valence-electron chi connectivity index (χ3n) is 4.82. The number of nitrogens with zero attached hydrogens (tertiary/aromatic N) is 4. The van der Waals surface area contributed by atoms with Gasteiger partial charge < -0.3 is 10.6 Å². The van der Waals surface area contributed by atoms with E-state index in [9.17, 15) is 9.59 Å². The number of amides is 2. The SMILES string of the molecule is Cc1nc2c(C(N)=O)cnn2c(C)c1CCC(=O)N(C)Cc1ccc(Br)cc1. The van der Waals surface area contributed by atoms with Crippen LogP contribution in [0.2, 0.25) is 0 Å². The van der Waals surface area contributed by atoms with Crippen LogP contribution < -0.4 is 5.73 Å². The normalized spacial score (nSPS) is 11.0. The number of aromatic nitrogens is 3. The number of benzene rings is 1. The summed E-state index contributed by atoms with van der Waals surface area (Å²) in [4.78, 5) is 30.3. The van der Waals surface area contributed by atoms with Gasteiger partial charge in [-0.25, -0.2) is 9.50 Å². The minimum Gasteiger partial charge on any atom is -0.365 e. The van der Waals surface area contributed by atoms with E-state index in [0.29, 0.717) is 30.6 Å². The van der Waals surface area contributed by atoms with E-state index >= 15 is 0 Å². The van der Waals surface area contributed by atoms with Crippen LogP contribution in [0.4, 0.5) is 0 Å². The quantitative estimate of drug-likeness (QED) is 0.633. The molecule has 3 aromatic rings. The zero-order chi connectivity index (χ0) is 20.4. The fourth-order valence-electron chi connectivity index (χ4n) is 3.22. The van der Waals surface area contributed by atoms with Gasteiger partial charge in [-0.05, 0) is 43.5 Å². The lowest BCUT2D eigenvalue weighted by molar-refractivity contribution is -0.130. The molecule has 8 heteroatoms. The first-order valence-electron chi connectivity index (χ1n) is 8.90. The second kappa shape index (κ2) is 8.10. The van der Waals surface area contributed by atoms with Crippen molar-refractivity contribution < 1.29 is 9.59 Å². The van der Waals surface area contributed by atoms with Crippen LogP contribution >= 0.6 is 15.9 Å². The molecule has 2 N–H and O–H groups in total. The average Bonchev–Trinajstić information content (AvgIpc) is 3.07. The fourth-order valence-corrected chi connectivity index (χ4v) is 3.49. The Balaban J connectivity index is 1.73. The Labute approximate surface area is 171 Å². The summed E-state index contributed by atoms with van der Waals surface area (Å²) in [7, 11) is 1.80. The number of nitrogens with two attached hydrogens (primary N) is 1. The van der Waals surface area contributed by atoms with Crippen molar-refractivity contribution in [2.75, 3.05) is 7.05 Å². The number of halogens is 1. The molecule has 0 aliphatic rings. The Kier molecular flexibility index (Phi) is 5.79. The lowest BCUT2D eigenvalue weighted by Crippen LogP contribution is -2.26. The average molecular weight is 444 g/mol. The first-order valence-corrected chi connectivity index (χ1v) is 9.69. The fraction of sp³-hybridized carbons (Fsp3) is 0.300. The van der Waals surface area contributed by atoms with Crippen LogP contribution in [0.1, 0.15) is 39.3 Å². The topological polar surface area (TPSA) is 93.6 Å². The first kappa shape index (κ1) is 20.0. The van der Waals surface area contributed by atoms with Crippen molar-refractivity contribution in [2.24, 2.45) is 5.73 Å². The van der Waals surface area contributed by atoms with Gasteiger partial charge in [0.15, 0.2) is 5.65 Å². The number of rotatable bonds is 6. The zero-order valence-corrected chi connectivity index (χ0v) is 17.7. The number of carbonyl (C=O) groups is 2. The molecule has 28 heavy (non-hydrogen) atoms. The van der Waals surface area contributed by atoms with Gasteiger partial charge >= 0.3 is 0 Å². The van der Waals surface area contributed by atoms with Crippen LogP contribution in [0.25, 0.3) is 5.65 Å². The van der Waals surface area contributed by atoms with Gasteiger partial charge in [-0.15, -0.1) is 0 Å². The summed E-state index contributed by atoms with van der Waals surface area (Å²) >= 11 is 3.41. The van der Waals surface area contributed by atoms with Crippen LogP contribution in [0, 0.1) is 13.8 Å². The van der Waals surface area contributed by atoms with Crippen LogP contribution in [-0.2, 0) is 17.8 Å². The summed E-state index contributed by atoms with van der Waals surface area (Å²) in [6.45, 7) is 4.34. The van der Waals surface area contributed by atoms with E-state index in [2.05, 4.69) is 26.0 Å². The van der Waals surface area contributed by atoms with Crippen molar-refractivity contribution >= 4 is 33.4 Å². The van der Waals surface area contributed by atoms with E-state index in [1.165, 1.54) is 6.20 Å². The van der Waals surface area contributed by atoms with Crippen molar-refractivity contribution in [1.29, 1.82) is 0 Å². The molecule has 1 aromatic carbocycles. The summed E-state index contributed by atoms with van der Waals surface area (Å²) in [6, 6.07) is 7.92. The molecule has 0 bridgehead atoms. The van der Waals surface area contributed by atoms with E-state index in [1.54, 1.807) is 16.5 Å². The van der Waals surface area contributed by atoms with Crippen molar-refractivity contribution in [2.45, 2.75) is 33.2 Å². The molecule has 0 fully saturated rings. The number of primary amides is 1. The molecule has 0 spiro atoms. The molecule has 0 aliphatic carbocycles. The second-order valence-corrected chi connectivity index (χ2v) is 7.71. The predicted molar refractivity (Wildman–Crippen MR) is 110 cm³/mol. The molecular weight excluding hydrogens is 422 g/mol. The number of carbonyl (C=O) groups excluding carboxylic acids is 2. The van der Waals surface area contributed by atoms with Crippen LogP contribution in [-0.4, -0.2) is 38.4 Å². The minimum absolute atomic E-state index is 0.0557. The maximum absolute atomic E-state index is 12.6. The van der Waals surface area contributed by atoms with Gasteiger partial charge in [-0.2, -0.15) is 5.10 Å². The molecule has 146 valence electrons. The third-order valence-corrected chi connectivity index (χ3v) is 5.35. The lowest BCUT2D eigenvalue weighted by atomic mass is 10.1. The Hall–Kier alpha value is -2.74. The molecular formula is C20H22BrN5O2. The third kappa shape index (κ3) is 4.06. The molecule has 7 nitrogen and oxygen atoms in total. The molecule has 2 heterocycles. The molecule has 3 rings (SSSR count). The Morgan fingerprint density at radius 1 is 1.21 bits per heavy atom. The highest BCUT2D eigenvalue weighted by atomic mass is 79.9. The lowest BCUT2D eigenvalue weighted by Gasteiger charge is -2.18. The summed E-state index contributed by atoms with van der Waals surface area (Å²) in [5.74, 6) is -0.501. The van der Waals surface area contributed by atoms with Gasteiger partial charge in [0.05, 0.1) is 6.20 Å². The summed E-state index contributed by atoms with van der Waals surface area (Å²) in [6.07, 6.45) is 2.35. The molecule has 0 atom stereocenters. The maximum Gasteiger partial charge on any atom is 0.254 e. The van der Waals surface area contributed by atoms with Gasteiger partial charge in [-0.3, -0.25) is 9.59 Å². The summed E-state index contributed by atoms with van der Waals surface area (Å²) in [5.41, 5.74) is 9.79. The van der Waals surface area contributed by atoms with Crippen molar-refractivity contribution in [1.82, 2.24) is 19.5 Å². The Morgan fingerprint density at radius 3 is 2.54 bits per heavy atom. The van der Waals surface area contributed by atoms with Gasteiger partial charge in [0.25, 0.3) is 5.91 Å². The summed E-state index contributed by atoms with van der Waals surface area (Å²) in [5, 5.41) is 4.22. The number of hydrogen-bond acceptors (Lipinski definition) is 4. The minimum atomic E-state index is -0.557. The van der Waals surface area contributed by atoms with Crippen LogP contribution in [0.3, 0.4) is 0 Å². The van der Waals surface area contributed by atoms with Gasteiger partial charge in [0, 0.05) is 35.9 Å². The Bertz CT molecular complexity index is 1040. The summed E-state index contributed by atoms with van der Waals surface area (Å²) < 4.78 is 2.62. The highest BCUT2D eigenvalue weighted by Crippen LogP contribution is 2.19. The molecule has 2 aromatic heterocycles. The standard InChI is InChI=1S/C20H22BrN5O2/c1-12-16(13(2)26-20(24-12)17(10-23-26)19(22)28)8-9-18(27)25(3)11-14-4-6-15(21)7-5-14/h4-7,10H,8-9,11H2,1-3H3,(H2,22,28). The highest BCUT2D eigenvalue weighted by Gasteiger charge is 2.18. The number of hydrogen-bond donors (Lipinski definition) is 1. The van der Waals surface area contributed by atoms with Crippen LogP contribution in [0.15, 0.2) is 34.9 Å². The van der Waals surface area contributed by atoms with Crippen molar-refractivity contribution in [3.8, 4) is 0 Å².